The summed E-state index contributed by atoms with van der Waals surface area (Å²) >= 11 is 11.8. The van der Waals surface area contributed by atoms with Crippen LogP contribution in [0.25, 0.3) is 11.4 Å². The van der Waals surface area contributed by atoms with Crippen molar-refractivity contribution in [1.29, 1.82) is 0 Å². The van der Waals surface area contributed by atoms with Gasteiger partial charge in [-0.3, -0.25) is 4.79 Å². The molecule has 0 aliphatic carbocycles. The van der Waals surface area contributed by atoms with E-state index in [2.05, 4.69) is 10.1 Å². The SMILES string of the molecule is COc1ccc(Cl)cc1COC(=O)CCc1nc(-c2ccc(Cl)cc2)no1. The lowest BCUT2D eigenvalue weighted by Gasteiger charge is -2.09. The van der Waals surface area contributed by atoms with Gasteiger partial charge in [-0.05, 0) is 42.5 Å². The fourth-order valence-electron chi connectivity index (χ4n) is 2.37. The summed E-state index contributed by atoms with van der Waals surface area (Å²) in [5.74, 6) is 1.02. The fraction of sp³-hybridized carbons (Fsp3) is 0.211. The van der Waals surface area contributed by atoms with Crippen molar-refractivity contribution in [2.75, 3.05) is 7.11 Å². The van der Waals surface area contributed by atoms with E-state index >= 15 is 0 Å². The lowest BCUT2D eigenvalue weighted by molar-refractivity contribution is -0.145. The zero-order valence-electron chi connectivity index (χ0n) is 14.4. The van der Waals surface area contributed by atoms with E-state index in [-0.39, 0.29) is 25.4 Å². The van der Waals surface area contributed by atoms with Crippen molar-refractivity contribution in [3.05, 3.63) is 64.0 Å². The van der Waals surface area contributed by atoms with E-state index in [1.165, 1.54) is 0 Å². The van der Waals surface area contributed by atoms with Crippen LogP contribution in [0, 0.1) is 0 Å². The Morgan fingerprint density at radius 1 is 1.11 bits per heavy atom. The number of carbonyl (C=O) groups is 1. The number of aromatic nitrogens is 2. The molecular formula is C19H16Cl2N2O4. The van der Waals surface area contributed by atoms with Gasteiger partial charge in [-0.25, -0.2) is 0 Å². The molecule has 0 amide bonds. The summed E-state index contributed by atoms with van der Waals surface area (Å²) in [6, 6.07) is 12.2. The second-order valence-electron chi connectivity index (χ2n) is 5.64. The maximum Gasteiger partial charge on any atom is 0.306 e. The molecule has 3 aromatic rings. The lowest BCUT2D eigenvalue weighted by atomic mass is 10.2. The van der Waals surface area contributed by atoms with Crippen molar-refractivity contribution >= 4 is 29.2 Å². The average molecular weight is 407 g/mol. The number of hydrogen-bond acceptors (Lipinski definition) is 6. The molecule has 2 aromatic carbocycles. The first-order chi connectivity index (χ1) is 13.0. The van der Waals surface area contributed by atoms with Crippen LogP contribution >= 0.6 is 23.2 Å². The number of carbonyl (C=O) groups excluding carboxylic acids is 1. The van der Waals surface area contributed by atoms with Crippen LogP contribution in [0.15, 0.2) is 47.0 Å². The van der Waals surface area contributed by atoms with E-state index in [0.717, 1.165) is 5.56 Å². The average Bonchev–Trinajstić information content (AvgIpc) is 3.14. The molecule has 0 aliphatic rings. The predicted molar refractivity (Wildman–Crippen MR) is 101 cm³/mol. The van der Waals surface area contributed by atoms with Gasteiger partial charge in [0.15, 0.2) is 0 Å². The Morgan fingerprint density at radius 3 is 2.59 bits per heavy atom. The summed E-state index contributed by atoms with van der Waals surface area (Å²) in [5.41, 5.74) is 1.48. The van der Waals surface area contributed by atoms with Crippen molar-refractivity contribution in [3.8, 4) is 17.1 Å². The normalized spacial score (nSPS) is 10.6. The number of rotatable bonds is 7. The Labute approximate surface area is 166 Å². The van der Waals surface area contributed by atoms with Gasteiger partial charge in [-0.2, -0.15) is 4.98 Å². The topological polar surface area (TPSA) is 74.5 Å². The maximum absolute atomic E-state index is 12.0. The Kier molecular flexibility index (Phi) is 6.32. The molecule has 0 atom stereocenters. The Balaban J connectivity index is 1.52. The van der Waals surface area contributed by atoms with Crippen molar-refractivity contribution in [1.82, 2.24) is 10.1 Å². The molecule has 27 heavy (non-hydrogen) atoms. The summed E-state index contributed by atoms with van der Waals surface area (Å²) in [4.78, 5) is 16.3. The molecule has 6 nitrogen and oxygen atoms in total. The minimum Gasteiger partial charge on any atom is -0.496 e. The molecule has 0 N–H and O–H groups in total. The zero-order valence-corrected chi connectivity index (χ0v) is 16.0. The molecule has 0 radical (unpaired) electrons. The van der Waals surface area contributed by atoms with Gasteiger partial charge < -0.3 is 14.0 Å². The van der Waals surface area contributed by atoms with E-state index in [9.17, 15) is 4.79 Å². The van der Waals surface area contributed by atoms with Gasteiger partial charge >= 0.3 is 5.97 Å². The third-order valence-corrected chi connectivity index (χ3v) is 4.23. The van der Waals surface area contributed by atoms with Gasteiger partial charge in [-0.1, -0.05) is 28.4 Å². The van der Waals surface area contributed by atoms with Crippen molar-refractivity contribution in [3.63, 3.8) is 0 Å². The molecule has 0 bridgehead atoms. The number of nitrogens with zero attached hydrogens (tertiary/aromatic N) is 2. The van der Waals surface area contributed by atoms with Crippen LogP contribution in [0.5, 0.6) is 5.75 Å². The summed E-state index contributed by atoms with van der Waals surface area (Å²) in [5, 5.41) is 5.08. The summed E-state index contributed by atoms with van der Waals surface area (Å²) in [7, 11) is 1.54. The largest absolute Gasteiger partial charge is 0.496 e. The minimum atomic E-state index is -0.386. The first-order valence-electron chi connectivity index (χ1n) is 8.11. The van der Waals surface area contributed by atoms with Gasteiger partial charge in [0.05, 0.1) is 13.5 Å². The third-order valence-electron chi connectivity index (χ3n) is 3.74. The molecule has 0 aliphatic heterocycles. The van der Waals surface area contributed by atoms with Gasteiger partial charge in [0.2, 0.25) is 11.7 Å². The molecule has 3 rings (SSSR count). The molecule has 1 heterocycles. The molecule has 8 heteroatoms. The highest BCUT2D eigenvalue weighted by atomic mass is 35.5. The van der Waals surface area contributed by atoms with Gasteiger partial charge in [0, 0.05) is 27.6 Å². The molecule has 0 unspecified atom stereocenters. The second kappa shape index (κ2) is 8.88. The van der Waals surface area contributed by atoms with Crippen LogP contribution in [0.4, 0.5) is 0 Å². The highest BCUT2D eigenvalue weighted by Gasteiger charge is 2.13. The first kappa shape index (κ1) is 19.2. The zero-order chi connectivity index (χ0) is 19.2. The number of esters is 1. The van der Waals surface area contributed by atoms with E-state index in [1.54, 1.807) is 49.6 Å². The van der Waals surface area contributed by atoms with Crippen LogP contribution in [-0.2, 0) is 22.6 Å². The number of aryl methyl sites for hydroxylation is 1. The summed E-state index contributed by atoms with van der Waals surface area (Å²) in [6.07, 6.45) is 0.400. The van der Waals surface area contributed by atoms with E-state index in [4.69, 9.17) is 37.2 Å². The van der Waals surface area contributed by atoms with E-state index in [1.807, 2.05) is 0 Å². The molecule has 0 saturated carbocycles. The summed E-state index contributed by atoms with van der Waals surface area (Å²) in [6.45, 7) is 0.0718. The van der Waals surface area contributed by atoms with Gasteiger partial charge in [-0.15, -0.1) is 0 Å². The van der Waals surface area contributed by atoms with E-state index < -0.39 is 0 Å². The van der Waals surface area contributed by atoms with Crippen LogP contribution in [0.2, 0.25) is 10.0 Å². The fourth-order valence-corrected chi connectivity index (χ4v) is 2.69. The minimum absolute atomic E-state index is 0.0718. The number of methoxy groups -OCH3 is 1. The van der Waals surface area contributed by atoms with Crippen molar-refractivity contribution < 1.29 is 18.8 Å². The van der Waals surface area contributed by atoms with Crippen LogP contribution in [0.3, 0.4) is 0 Å². The standard InChI is InChI=1S/C19H16Cl2N2O4/c1-25-16-7-6-15(21)10-13(16)11-26-18(24)9-8-17-22-19(23-27-17)12-2-4-14(20)5-3-12/h2-7,10H,8-9,11H2,1H3. The Hall–Kier alpha value is -2.57. The number of halogens is 2. The predicted octanol–water partition coefficient (Wildman–Crippen LogP) is 4.73. The van der Waals surface area contributed by atoms with Crippen LogP contribution in [-0.4, -0.2) is 23.2 Å². The molecule has 140 valence electrons. The highest BCUT2D eigenvalue weighted by molar-refractivity contribution is 6.30. The molecular weight excluding hydrogens is 391 g/mol. The number of ether oxygens (including phenoxy) is 2. The molecule has 0 saturated heterocycles. The smallest absolute Gasteiger partial charge is 0.306 e. The molecule has 0 spiro atoms. The molecule has 1 aromatic heterocycles. The molecule has 0 fully saturated rings. The second-order valence-corrected chi connectivity index (χ2v) is 6.51. The van der Waals surface area contributed by atoms with Crippen molar-refractivity contribution in [2.45, 2.75) is 19.4 Å². The Bertz CT molecular complexity index is 926. The number of benzene rings is 2. The van der Waals surface area contributed by atoms with Crippen molar-refractivity contribution in [2.24, 2.45) is 0 Å². The number of hydrogen-bond donors (Lipinski definition) is 0. The third kappa shape index (κ3) is 5.21. The quantitative estimate of drug-likeness (QED) is 0.528. The lowest BCUT2D eigenvalue weighted by Crippen LogP contribution is -2.07. The van der Waals surface area contributed by atoms with E-state index in [0.29, 0.717) is 33.1 Å². The van der Waals surface area contributed by atoms with Gasteiger partial charge in [0.1, 0.15) is 12.4 Å². The highest BCUT2D eigenvalue weighted by Crippen LogP contribution is 2.23. The maximum atomic E-state index is 12.0. The Morgan fingerprint density at radius 2 is 1.85 bits per heavy atom. The first-order valence-corrected chi connectivity index (χ1v) is 8.87. The van der Waals surface area contributed by atoms with Crippen LogP contribution in [0.1, 0.15) is 17.9 Å². The monoisotopic (exact) mass is 406 g/mol. The summed E-state index contributed by atoms with van der Waals surface area (Å²) < 4.78 is 15.7. The van der Waals surface area contributed by atoms with Gasteiger partial charge in [0.25, 0.3) is 0 Å². The van der Waals surface area contributed by atoms with Crippen LogP contribution < -0.4 is 4.74 Å².